The minimum atomic E-state index is 0.838. The SMILES string of the molecule is CCC1CN2CCCCC2CN1CC1CCSC1. The molecule has 0 spiro atoms. The number of piperidine rings is 1. The largest absolute Gasteiger partial charge is 0.298 e. The van der Waals surface area contributed by atoms with Crippen molar-refractivity contribution in [3.8, 4) is 0 Å². The third-order valence-corrected chi connectivity index (χ3v) is 6.38. The van der Waals surface area contributed by atoms with Gasteiger partial charge < -0.3 is 0 Å². The maximum absolute atomic E-state index is 2.85. The zero-order valence-corrected chi connectivity index (χ0v) is 12.6. The fourth-order valence-corrected chi connectivity index (χ4v) is 5.26. The van der Waals surface area contributed by atoms with Gasteiger partial charge in [-0.2, -0.15) is 11.8 Å². The molecule has 3 fully saturated rings. The van der Waals surface area contributed by atoms with Gasteiger partial charge in [0, 0.05) is 31.7 Å². The molecule has 3 saturated heterocycles. The fraction of sp³-hybridized carbons (Fsp3) is 1.00. The van der Waals surface area contributed by atoms with Gasteiger partial charge in [0.05, 0.1) is 0 Å². The molecule has 3 aliphatic rings. The molecule has 3 rings (SSSR count). The summed E-state index contributed by atoms with van der Waals surface area (Å²) in [6, 6.07) is 1.72. The van der Waals surface area contributed by atoms with Crippen LogP contribution in [-0.4, -0.2) is 59.6 Å². The lowest BCUT2D eigenvalue weighted by Crippen LogP contribution is -2.60. The summed E-state index contributed by atoms with van der Waals surface area (Å²) in [6.45, 7) is 7.84. The molecular weight excluding hydrogens is 240 g/mol. The number of piperazine rings is 1. The van der Waals surface area contributed by atoms with E-state index in [-0.39, 0.29) is 0 Å². The Morgan fingerprint density at radius 3 is 2.89 bits per heavy atom. The minimum absolute atomic E-state index is 0.838. The van der Waals surface area contributed by atoms with Crippen LogP contribution in [0.3, 0.4) is 0 Å². The lowest BCUT2D eigenvalue weighted by Gasteiger charge is -2.49. The van der Waals surface area contributed by atoms with Crippen molar-refractivity contribution in [1.29, 1.82) is 0 Å². The van der Waals surface area contributed by atoms with Gasteiger partial charge in [-0.15, -0.1) is 0 Å². The molecule has 104 valence electrons. The van der Waals surface area contributed by atoms with Gasteiger partial charge in [0.1, 0.15) is 0 Å². The maximum atomic E-state index is 2.85. The zero-order chi connectivity index (χ0) is 12.4. The predicted octanol–water partition coefficient (Wildman–Crippen LogP) is 2.69. The third-order valence-electron chi connectivity index (χ3n) is 5.14. The predicted molar refractivity (Wildman–Crippen MR) is 80.3 cm³/mol. The van der Waals surface area contributed by atoms with Crippen molar-refractivity contribution >= 4 is 11.8 Å². The van der Waals surface area contributed by atoms with E-state index < -0.39 is 0 Å². The molecule has 0 saturated carbocycles. The zero-order valence-electron chi connectivity index (χ0n) is 11.8. The minimum Gasteiger partial charge on any atom is -0.298 e. The summed E-state index contributed by atoms with van der Waals surface area (Å²) in [5, 5.41) is 0. The average molecular weight is 268 g/mol. The molecule has 18 heavy (non-hydrogen) atoms. The Hall–Kier alpha value is 0.270. The third kappa shape index (κ3) is 2.88. The van der Waals surface area contributed by atoms with E-state index in [1.54, 1.807) is 0 Å². The van der Waals surface area contributed by atoms with Gasteiger partial charge in [0.25, 0.3) is 0 Å². The van der Waals surface area contributed by atoms with Crippen LogP contribution in [0.15, 0.2) is 0 Å². The van der Waals surface area contributed by atoms with Gasteiger partial charge in [-0.1, -0.05) is 13.3 Å². The lowest BCUT2D eigenvalue weighted by molar-refractivity contribution is 0.00168. The number of thioether (sulfide) groups is 1. The summed E-state index contributed by atoms with van der Waals surface area (Å²) in [5.74, 6) is 3.81. The highest BCUT2D eigenvalue weighted by Gasteiger charge is 2.35. The smallest absolute Gasteiger partial charge is 0.0223 e. The molecule has 0 aromatic rings. The van der Waals surface area contributed by atoms with Crippen LogP contribution in [0.4, 0.5) is 0 Å². The molecule has 3 unspecified atom stereocenters. The number of hydrogen-bond donors (Lipinski definition) is 0. The molecule has 3 atom stereocenters. The Morgan fingerprint density at radius 2 is 2.11 bits per heavy atom. The van der Waals surface area contributed by atoms with Crippen LogP contribution in [0.5, 0.6) is 0 Å². The Bertz CT molecular complexity index is 265. The van der Waals surface area contributed by atoms with Crippen molar-refractivity contribution < 1.29 is 0 Å². The number of rotatable bonds is 3. The van der Waals surface area contributed by atoms with E-state index in [0.29, 0.717) is 0 Å². The maximum Gasteiger partial charge on any atom is 0.0223 e. The van der Waals surface area contributed by atoms with Crippen molar-refractivity contribution in [1.82, 2.24) is 9.80 Å². The van der Waals surface area contributed by atoms with Crippen molar-refractivity contribution in [2.45, 2.75) is 51.1 Å². The summed E-state index contributed by atoms with van der Waals surface area (Å²) >= 11 is 2.17. The highest BCUT2D eigenvalue weighted by Crippen LogP contribution is 2.29. The Morgan fingerprint density at radius 1 is 1.17 bits per heavy atom. The fourth-order valence-electron chi connectivity index (χ4n) is 3.98. The van der Waals surface area contributed by atoms with Crippen LogP contribution < -0.4 is 0 Å². The van der Waals surface area contributed by atoms with Crippen molar-refractivity contribution in [3.05, 3.63) is 0 Å². The molecule has 0 radical (unpaired) electrons. The first-order valence-corrected chi connectivity index (χ1v) is 9.08. The Labute approximate surface area is 116 Å². The van der Waals surface area contributed by atoms with Crippen LogP contribution in [-0.2, 0) is 0 Å². The Kier molecular flexibility index (Phi) is 4.53. The molecule has 0 aliphatic carbocycles. The highest BCUT2D eigenvalue weighted by molar-refractivity contribution is 7.99. The van der Waals surface area contributed by atoms with Gasteiger partial charge in [-0.05, 0) is 49.7 Å². The highest BCUT2D eigenvalue weighted by atomic mass is 32.2. The van der Waals surface area contributed by atoms with Crippen molar-refractivity contribution in [2.75, 3.05) is 37.7 Å². The van der Waals surface area contributed by atoms with Crippen LogP contribution in [0.1, 0.15) is 39.0 Å². The molecule has 0 aromatic heterocycles. The number of nitrogens with zero attached hydrogens (tertiary/aromatic N) is 2. The van der Waals surface area contributed by atoms with Gasteiger partial charge in [0.15, 0.2) is 0 Å². The molecule has 0 bridgehead atoms. The summed E-state index contributed by atoms with van der Waals surface area (Å²) < 4.78 is 0. The van der Waals surface area contributed by atoms with Crippen LogP contribution in [0, 0.1) is 5.92 Å². The molecule has 0 aromatic carbocycles. The van der Waals surface area contributed by atoms with Gasteiger partial charge in [0.2, 0.25) is 0 Å². The van der Waals surface area contributed by atoms with E-state index in [9.17, 15) is 0 Å². The van der Waals surface area contributed by atoms with E-state index in [1.165, 1.54) is 69.8 Å². The molecular formula is C15H28N2S. The van der Waals surface area contributed by atoms with Crippen LogP contribution in [0.2, 0.25) is 0 Å². The standard InChI is InChI=1S/C15H28N2S/c1-2-14-10-16-7-4-3-5-15(16)11-17(14)9-13-6-8-18-12-13/h13-15H,2-12H2,1H3. The van der Waals surface area contributed by atoms with E-state index in [1.807, 2.05) is 0 Å². The first kappa shape index (κ1) is 13.3. The molecule has 3 heterocycles. The van der Waals surface area contributed by atoms with E-state index in [0.717, 1.165) is 18.0 Å². The van der Waals surface area contributed by atoms with E-state index in [4.69, 9.17) is 0 Å². The number of fused-ring (bicyclic) bond motifs is 1. The van der Waals surface area contributed by atoms with Crippen LogP contribution >= 0.6 is 11.8 Å². The van der Waals surface area contributed by atoms with Crippen molar-refractivity contribution in [2.24, 2.45) is 5.92 Å². The normalized spacial score (nSPS) is 38.8. The molecule has 2 nitrogen and oxygen atoms in total. The summed E-state index contributed by atoms with van der Waals surface area (Å²) in [6.07, 6.45) is 7.15. The second-order valence-corrected chi connectivity index (χ2v) is 7.54. The van der Waals surface area contributed by atoms with Crippen molar-refractivity contribution in [3.63, 3.8) is 0 Å². The van der Waals surface area contributed by atoms with Gasteiger partial charge >= 0.3 is 0 Å². The molecule has 3 heteroatoms. The molecule has 0 N–H and O–H groups in total. The quantitative estimate of drug-likeness (QED) is 0.777. The second-order valence-electron chi connectivity index (χ2n) is 6.39. The lowest BCUT2D eigenvalue weighted by atomic mass is 9.94. The first-order valence-electron chi connectivity index (χ1n) is 7.92. The summed E-state index contributed by atoms with van der Waals surface area (Å²) in [7, 11) is 0. The van der Waals surface area contributed by atoms with Gasteiger partial charge in [-0.3, -0.25) is 9.80 Å². The number of hydrogen-bond acceptors (Lipinski definition) is 3. The first-order chi connectivity index (χ1) is 8.86. The second kappa shape index (κ2) is 6.15. The summed E-state index contributed by atoms with van der Waals surface area (Å²) in [5.41, 5.74) is 0. The van der Waals surface area contributed by atoms with Crippen LogP contribution in [0.25, 0.3) is 0 Å². The molecule has 0 amide bonds. The summed E-state index contributed by atoms with van der Waals surface area (Å²) in [4.78, 5) is 5.64. The molecule has 3 aliphatic heterocycles. The average Bonchev–Trinajstić information content (AvgIpc) is 2.91. The van der Waals surface area contributed by atoms with Gasteiger partial charge in [-0.25, -0.2) is 0 Å². The van der Waals surface area contributed by atoms with E-state index >= 15 is 0 Å². The monoisotopic (exact) mass is 268 g/mol. The van der Waals surface area contributed by atoms with E-state index in [2.05, 4.69) is 28.5 Å². The topological polar surface area (TPSA) is 6.48 Å². The Balaban J connectivity index is 1.60.